The number of hydrogen-bond donors (Lipinski definition) is 2. The van der Waals surface area contributed by atoms with Crippen molar-refractivity contribution in [2.24, 2.45) is 0 Å². The zero-order valence-corrected chi connectivity index (χ0v) is 13.2. The molecule has 1 heterocycles. The minimum absolute atomic E-state index is 0.419. The van der Waals surface area contributed by atoms with Crippen molar-refractivity contribution in [1.29, 1.82) is 0 Å². The van der Waals surface area contributed by atoms with Crippen LogP contribution >= 0.6 is 0 Å². The van der Waals surface area contributed by atoms with Gasteiger partial charge in [-0.2, -0.15) is 0 Å². The van der Waals surface area contributed by atoms with Gasteiger partial charge in [-0.1, -0.05) is 36.4 Å². The fraction of sp³-hybridized carbons (Fsp3) is 0.333. The quantitative estimate of drug-likeness (QED) is 0.733. The second-order valence-electron chi connectivity index (χ2n) is 5.30. The Hall–Kier alpha value is -2.24. The summed E-state index contributed by atoms with van der Waals surface area (Å²) in [5, 5.41) is 12.8. The molecule has 1 aromatic heterocycles. The first-order valence-corrected chi connectivity index (χ1v) is 7.66. The van der Waals surface area contributed by atoms with Crippen LogP contribution in [0.2, 0.25) is 0 Å². The summed E-state index contributed by atoms with van der Waals surface area (Å²) in [5.74, 6) is -0.454. The smallest absolute Gasteiger partial charge is 0.255 e. The Morgan fingerprint density at radius 2 is 2.04 bits per heavy atom. The summed E-state index contributed by atoms with van der Waals surface area (Å²) in [6, 6.07) is 12.8. The van der Waals surface area contributed by atoms with Crippen molar-refractivity contribution in [3.63, 3.8) is 0 Å². The normalized spacial score (nSPS) is 13.3. The summed E-state index contributed by atoms with van der Waals surface area (Å²) in [6.45, 7) is 0. The van der Waals surface area contributed by atoms with Crippen LogP contribution in [-0.2, 0) is 16.0 Å². The minimum Gasteiger partial charge on any atom is -0.378 e. The molecule has 1 aromatic carbocycles. The van der Waals surface area contributed by atoms with Crippen molar-refractivity contribution < 1.29 is 14.6 Å². The van der Waals surface area contributed by atoms with Crippen molar-refractivity contribution in [2.75, 3.05) is 7.11 Å². The molecular formula is C18H22N2O3. The molecule has 122 valence electrons. The first-order valence-electron chi connectivity index (χ1n) is 7.66. The van der Waals surface area contributed by atoms with Gasteiger partial charge in [-0.3, -0.25) is 9.78 Å². The van der Waals surface area contributed by atoms with Gasteiger partial charge >= 0.3 is 0 Å². The number of pyridine rings is 1. The van der Waals surface area contributed by atoms with E-state index in [2.05, 4.69) is 10.3 Å². The largest absolute Gasteiger partial charge is 0.378 e. The van der Waals surface area contributed by atoms with Gasteiger partial charge in [-0.25, -0.2) is 0 Å². The number of hydrogen-bond acceptors (Lipinski definition) is 4. The number of aromatic nitrogens is 1. The molecule has 2 N–H and O–H groups in total. The van der Waals surface area contributed by atoms with E-state index in [1.54, 1.807) is 37.6 Å². The van der Waals surface area contributed by atoms with E-state index in [4.69, 9.17) is 4.74 Å². The van der Waals surface area contributed by atoms with Crippen LogP contribution in [0, 0.1) is 0 Å². The molecule has 0 aliphatic rings. The third kappa shape index (κ3) is 5.47. The molecule has 0 bridgehead atoms. The predicted octanol–water partition coefficient (Wildman–Crippen LogP) is 2.23. The summed E-state index contributed by atoms with van der Waals surface area (Å²) >= 11 is 0. The van der Waals surface area contributed by atoms with Gasteiger partial charge in [0.1, 0.15) is 6.23 Å². The number of amides is 1. The van der Waals surface area contributed by atoms with Crippen LogP contribution in [0.25, 0.3) is 0 Å². The Balaban J connectivity index is 1.80. The molecule has 0 saturated heterocycles. The fourth-order valence-electron chi connectivity index (χ4n) is 2.31. The van der Waals surface area contributed by atoms with E-state index < -0.39 is 18.2 Å². The molecule has 0 radical (unpaired) electrons. The SMILES string of the molecule is CO[C@H](CCCc1cccnc1)NC(=O)[C@H](O)c1ccccc1. The van der Waals surface area contributed by atoms with Crippen LogP contribution in [-0.4, -0.2) is 29.3 Å². The Morgan fingerprint density at radius 1 is 1.26 bits per heavy atom. The van der Waals surface area contributed by atoms with Crippen molar-refractivity contribution in [2.45, 2.75) is 31.6 Å². The maximum Gasteiger partial charge on any atom is 0.255 e. The molecule has 2 rings (SSSR count). The Bertz CT molecular complexity index is 590. The minimum atomic E-state index is -1.19. The molecule has 23 heavy (non-hydrogen) atoms. The molecule has 0 unspecified atom stereocenters. The van der Waals surface area contributed by atoms with Crippen molar-refractivity contribution in [3.8, 4) is 0 Å². The first-order chi connectivity index (χ1) is 11.2. The predicted molar refractivity (Wildman–Crippen MR) is 87.5 cm³/mol. The number of nitrogens with zero attached hydrogens (tertiary/aromatic N) is 1. The molecular weight excluding hydrogens is 292 g/mol. The highest BCUT2D eigenvalue weighted by molar-refractivity contribution is 5.82. The standard InChI is InChI=1S/C18H22N2O3/c1-23-16(11-5-7-14-8-6-12-19-13-14)20-18(22)17(21)15-9-3-2-4-10-15/h2-4,6,8-10,12-13,16-17,21H,5,7,11H2,1H3,(H,20,22)/t16-,17-/m1/s1. The zero-order chi connectivity index (χ0) is 16.5. The molecule has 2 atom stereocenters. The summed E-state index contributed by atoms with van der Waals surface area (Å²) in [4.78, 5) is 16.2. The van der Waals surface area contributed by atoms with E-state index in [1.165, 1.54) is 0 Å². The highest BCUT2D eigenvalue weighted by atomic mass is 16.5. The van der Waals surface area contributed by atoms with Crippen LogP contribution < -0.4 is 5.32 Å². The van der Waals surface area contributed by atoms with E-state index in [1.807, 2.05) is 24.4 Å². The van der Waals surface area contributed by atoms with Gasteiger partial charge < -0.3 is 15.2 Å². The van der Waals surface area contributed by atoms with Crippen molar-refractivity contribution >= 4 is 5.91 Å². The van der Waals surface area contributed by atoms with E-state index in [0.717, 1.165) is 18.4 Å². The van der Waals surface area contributed by atoms with Crippen LogP contribution in [0.3, 0.4) is 0 Å². The number of methoxy groups -OCH3 is 1. The van der Waals surface area contributed by atoms with Gasteiger partial charge in [0.25, 0.3) is 5.91 Å². The average molecular weight is 314 g/mol. The molecule has 0 spiro atoms. The third-order valence-corrected chi connectivity index (χ3v) is 3.61. The van der Waals surface area contributed by atoms with E-state index in [9.17, 15) is 9.90 Å². The topological polar surface area (TPSA) is 71.5 Å². The second kappa shape index (κ2) is 9.02. The number of nitrogens with one attached hydrogen (secondary N) is 1. The number of rotatable bonds is 8. The van der Waals surface area contributed by atoms with Gasteiger partial charge in [0.15, 0.2) is 6.10 Å². The Morgan fingerprint density at radius 3 is 2.70 bits per heavy atom. The van der Waals surface area contributed by atoms with Gasteiger partial charge in [0.05, 0.1) is 0 Å². The van der Waals surface area contributed by atoms with Crippen LogP contribution in [0.4, 0.5) is 0 Å². The monoisotopic (exact) mass is 314 g/mol. The number of ether oxygens (including phenoxy) is 1. The first kappa shape index (κ1) is 17.1. The number of carbonyl (C=O) groups is 1. The van der Waals surface area contributed by atoms with Gasteiger partial charge in [-0.15, -0.1) is 0 Å². The number of aliphatic hydroxyl groups excluding tert-OH is 1. The lowest BCUT2D eigenvalue weighted by Gasteiger charge is -2.19. The summed E-state index contributed by atoms with van der Waals surface area (Å²) in [7, 11) is 1.55. The average Bonchev–Trinajstić information content (AvgIpc) is 2.61. The highest BCUT2D eigenvalue weighted by Gasteiger charge is 2.20. The van der Waals surface area contributed by atoms with Gasteiger partial charge in [0.2, 0.25) is 0 Å². The lowest BCUT2D eigenvalue weighted by Crippen LogP contribution is -2.39. The maximum atomic E-state index is 12.1. The van der Waals surface area contributed by atoms with Crippen LogP contribution in [0.5, 0.6) is 0 Å². The molecule has 0 aliphatic carbocycles. The fourth-order valence-corrected chi connectivity index (χ4v) is 2.31. The van der Waals surface area contributed by atoms with Crippen LogP contribution in [0.15, 0.2) is 54.9 Å². The summed E-state index contributed by atoms with van der Waals surface area (Å²) < 4.78 is 5.29. The third-order valence-electron chi connectivity index (χ3n) is 3.61. The summed E-state index contributed by atoms with van der Waals surface area (Å²) in [6.07, 6.45) is 4.35. The van der Waals surface area contributed by atoms with Crippen LogP contribution in [0.1, 0.15) is 30.1 Å². The molecule has 0 saturated carbocycles. The van der Waals surface area contributed by atoms with Crippen molar-refractivity contribution in [3.05, 3.63) is 66.0 Å². The van der Waals surface area contributed by atoms with E-state index in [-0.39, 0.29) is 0 Å². The molecule has 2 aromatic rings. The number of aliphatic hydroxyl groups is 1. The van der Waals surface area contributed by atoms with E-state index >= 15 is 0 Å². The lowest BCUT2D eigenvalue weighted by molar-refractivity contribution is -0.133. The second-order valence-corrected chi connectivity index (χ2v) is 5.30. The van der Waals surface area contributed by atoms with Crippen molar-refractivity contribution in [1.82, 2.24) is 10.3 Å². The zero-order valence-electron chi connectivity index (χ0n) is 13.2. The Kier molecular flexibility index (Phi) is 6.72. The molecule has 0 fully saturated rings. The molecule has 5 nitrogen and oxygen atoms in total. The lowest BCUT2D eigenvalue weighted by atomic mass is 10.1. The highest BCUT2D eigenvalue weighted by Crippen LogP contribution is 2.13. The molecule has 0 aliphatic heterocycles. The molecule has 1 amide bonds. The summed E-state index contributed by atoms with van der Waals surface area (Å²) in [5.41, 5.74) is 1.72. The van der Waals surface area contributed by atoms with E-state index in [0.29, 0.717) is 12.0 Å². The maximum absolute atomic E-state index is 12.1. The number of carbonyl (C=O) groups excluding carboxylic acids is 1. The molecule has 5 heteroatoms. The number of aryl methyl sites for hydroxylation is 1. The van der Waals surface area contributed by atoms with Gasteiger partial charge in [0, 0.05) is 19.5 Å². The van der Waals surface area contributed by atoms with Gasteiger partial charge in [-0.05, 0) is 36.5 Å². The Labute approximate surface area is 136 Å². The number of benzene rings is 1.